The fourth-order valence-corrected chi connectivity index (χ4v) is 2.27. The summed E-state index contributed by atoms with van der Waals surface area (Å²) in [4.78, 5) is 13.6. The lowest BCUT2D eigenvalue weighted by Gasteiger charge is -2.31. The molecule has 16 heavy (non-hydrogen) atoms. The Morgan fingerprint density at radius 3 is 3.31 bits per heavy atom. The Morgan fingerprint density at radius 2 is 2.62 bits per heavy atom. The number of likely N-dealkylation sites (tertiary alicyclic amines) is 1. The summed E-state index contributed by atoms with van der Waals surface area (Å²) in [5.41, 5.74) is 7.21. The first-order valence-electron chi connectivity index (χ1n) is 5.31. The molecule has 2 heterocycles. The molecule has 1 aliphatic heterocycles. The van der Waals surface area contributed by atoms with Crippen molar-refractivity contribution in [3.05, 3.63) is 5.51 Å². The topological polar surface area (TPSA) is 84.1 Å². The van der Waals surface area contributed by atoms with Crippen molar-refractivity contribution in [1.29, 1.82) is 0 Å². The Hall–Kier alpha value is -1.21. The van der Waals surface area contributed by atoms with Crippen LogP contribution in [0.4, 0.5) is 9.93 Å². The minimum absolute atomic E-state index is 0.102. The van der Waals surface area contributed by atoms with E-state index in [0.29, 0.717) is 17.6 Å². The molecule has 0 saturated carbocycles. The molecule has 1 aromatic rings. The number of nitrogens with zero attached hydrogens (tertiary/aromatic N) is 3. The average molecular weight is 241 g/mol. The van der Waals surface area contributed by atoms with Crippen LogP contribution in [0.2, 0.25) is 0 Å². The van der Waals surface area contributed by atoms with Gasteiger partial charge in [-0.15, -0.1) is 10.2 Å². The maximum atomic E-state index is 11.8. The summed E-state index contributed by atoms with van der Waals surface area (Å²) >= 11 is 1.32. The van der Waals surface area contributed by atoms with Crippen molar-refractivity contribution in [2.24, 2.45) is 11.7 Å². The number of hydrogen-bond donors (Lipinski definition) is 2. The molecular weight excluding hydrogens is 226 g/mol. The standard InChI is InChI=1S/C9H15N5OS/c10-4-7-2-1-3-14(5-7)9(15)12-8-13-11-6-16-8/h6-7H,1-5,10H2,(H,12,13,15)/t7-/m0/s1. The third-order valence-electron chi connectivity index (χ3n) is 2.71. The van der Waals surface area contributed by atoms with Crippen molar-refractivity contribution in [2.45, 2.75) is 12.8 Å². The zero-order valence-electron chi connectivity index (χ0n) is 8.93. The van der Waals surface area contributed by atoms with Gasteiger partial charge in [-0.3, -0.25) is 5.32 Å². The molecule has 0 spiro atoms. The van der Waals surface area contributed by atoms with Crippen LogP contribution in [-0.2, 0) is 0 Å². The quantitative estimate of drug-likeness (QED) is 0.800. The molecule has 1 atom stereocenters. The molecule has 0 bridgehead atoms. The molecular formula is C9H15N5OS. The minimum Gasteiger partial charge on any atom is -0.330 e. The van der Waals surface area contributed by atoms with Crippen molar-refractivity contribution >= 4 is 22.5 Å². The lowest BCUT2D eigenvalue weighted by Crippen LogP contribution is -2.44. The van der Waals surface area contributed by atoms with Crippen LogP contribution in [0.5, 0.6) is 0 Å². The average Bonchev–Trinajstić information content (AvgIpc) is 2.82. The number of anilines is 1. The van der Waals surface area contributed by atoms with Gasteiger partial charge in [0.2, 0.25) is 5.13 Å². The largest absolute Gasteiger partial charge is 0.330 e. The second-order valence-corrected chi connectivity index (χ2v) is 4.70. The Balaban J connectivity index is 1.89. The first-order chi connectivity index (χ1) is 7.79. The molecule has 0 aromatic carbocycles. The number of hydrogen-bond acceptors (Lipinski definition) is 5. The monoisotopic (exact) mass is 241 g/mol. The molecule has 0 radical (unpaired) electrons. The van der Waals surface area contributed by atoms with Crippen LogP contribution in [0.15, 0.2) is 5.51 Å². The van der Waals surface area contributed by atoms with Crippen LogP contribution >= 0.6 is 11.3 Å². The molecule has 2 rings (SSSR count). The minimum atomic E-state index is -0.102. The van der Waals surface area contributed by atoms with Crippen LogP contribution in [0.3, 0.4) is 0 Å². The summed E-state index contributed by atoms with van der Waals surface area (Å²) in [6.07, 6.45) is 2.13. The number of carbonyl (C=O) groups excluding carboxylic acids is 1. The van der Waals surface area contributed by atoms with E-state index >= 15 is 0 Å². The molecule has 1 aromatic heterocycles. The number of rotatable bonds is 2. The van der Waals surface area contributed by atoms with Crippen molar-refractivity contribution in [3.8, 4) is 0 Å². The lowest BCUT2D eigenvalue weighted by molar-refractivity contribution is 0.179. The number of nitrogens with two attached hydrogens (primary N) is 1. The van der Waals surface area contributed by atoms with Gasteiger partial charge in [0, 0.05) is 13.1 Å². The molecule has 1 aliphatic rings. The predicted molar refractivity (Wildman–Crippen MR) is 62.3 cm³/mol. The Kier molecular flexibility index (Phi) is 3.68. The third-order valence-corrected chi connectivity index (χ3v) is 3.32. The second-order valence-electron chi connectivity index (χ2n) is 3.86. The molecule has 1 fully saturated rings. The Labute approximate surface area is 97.8 Å². The smallest absolute Gasteiger partial charge is 0.323 e. The fraction of sp³-hybridized carbons (Fsp3) is 0.667. The SMILES string of the molecule is NC[C@@H]1CCCN(C(=O)Nc2nncs2)C1. The zero-order chi connectivity index (χ0) is 11.4. The maximum Gasteiger partial charge on any atom is 0.323 e. The van der Waals surface area contributed by atoms with E-state index in [-0.39, 0.29) is 6.03 Å². The van der Waals surface area contributed by atoms with Gasteiger partial charge in [0.15, 0.2) is 0 Å². The summed E-state index contributed by atoms with van der Waals surface area (Å²) in [5.74, 6) is 0.425. The van der Waals surface area contributed by atoms with E-state index in [1.54, 1.807) is 10.4 Å². The fourth-order valence-electron chi connectivity index (χ4n) is 1.84. The van der Waals surface area contributed by atoms with E-state index in [4.69, 9.17) is 5.73 Å². The maximum absolute atomic E-state index is 11.8. The zero-order valence-corrected chi connectivity index (χ0v) is 9.74. The van der Waals surface area contributed by atoms with Crippen LogP contribution in [0.25, 0.3) is 0 Å². The molecule has 0 unspecified atom stereocenters. The number of urea groups is 1. The van der Waals surface area contributed by atoms with Crippen LogP contribution in [0, 0.1) is 5.92 Å². The number of amides is 2. The van der Waals surface area contributed by atoms with Crippen molar-refractivity contribution in [2.75, 3.05) is 25.0 Å². The van der Waals surface area contributed by atoms with Crippen LogP contribution in [-0.4, -0.2) is 40.8 Å². The van der Waals surface area contributed by atoms with Gasteiger partial charge in [0.05, 0.1) is 0 Å². The number of piperidine rings is 1. The molecule has 88 valence electrons. The molecule has 0 aliphatic carbocycles. The van der Waals surface area contributed by atoms with E-state index < -0.39 is 0 Å². The normalized spacial score (nSPS) is 20.8. The van der Waals surface area contributed by atoms with E-state index in [9.17, 15) is 4.79 Å². The van der Waals surface area contributed by atoms with Gasteiger partial charge in [-0.05, 0) is 25.3 Å². The van der Waals surface area contributed by atoms with E-state index in [1.807, 2.05) is 0 Å². The Morgan fingerprint density at radius 1 is 1.75 bits per heavy atom. The molecule has 3 N–H and O–H groups in total. The highest BCUT2D eigenvalue weighted by Gasteiger charge is 2.23. The predicted octanol–water partition coefficient (Wildman–Crippen LogP) is 0.741. The van der Waals surface area contributed by atoms with E-state index in [2.05, 4.69) is 15.5 Å². The van der Waals surface area contributed by atoms with Crippen molar-refractivity contribution in [1.82, 2.24) is 15.1 Å². The number of carbonyl (C=O) groups is 1. The highest BCUT2D eigenvalue weighted by Crippen LogP contribution is 2.17. The van der Waals surface area contributed by atoms with Crippen molar-refractivity contribution < 1.29 is 4.79 Å². The van der Waals surface area contributed by atoms with Gasteiger partial charge in [-0.1, -0.05) is 11.3 Å². The van der Waals surface area contributed by atoms with Gasteiger partial charge in [-0.25, -0.2) is 4.79 Å². The first kappa shape index (κ1) is 11.3. The van der Waals surface area contributed by atoms with Crippen LogP contribution in [0.1, 0.15) is 12.8 Å². The summed E-state index contributed by atoms with van der Waals surface area (Å²) in [6, 6.07) is -0.102. The molecule has 7 heteroatoms. The van der Waals surface area contributed by atoms with Gasteiger partial charge in [-0.2, -0.15) is 0 Å². The summed E-state index contributed by atoms with van der Waals surface area (Å²) < 4.78 is 0. The lowest BCUT2D eigenvalue weighted by atomic mass is 9.99. The highest BCUT2D eigenvalue weighted by molar-refractivity contribution is 7.13. The summed E-state index contributed by atoms with van der Waals surface area (Å²) in [6.45, 7) is 2.17. The first-order valence-corrected chi connectivity index (χ1v) is 6.19. The van der Waals surface area contributed by atoms with Gasteiger partial charge < -0.3 is 10.6 Å². The van der Waals surface area contributed by atoms with Gasteiger partial charge in [0.1, 0.15) is 5.51 Å². The summed E-state index contributed by atoms with van der Waals surface area (Å²) in [7, 11) is 0. The number of aromatic nitrogens is 2. The van der Waals surface area contributed by atoms with E-state index in [0.717, 1.165) is 25.9 Å². The van der Waals surface area contributed by atoms with Gasteiger partial charge in [0.25, 0.3) is 0 Å². The Bertz CT molecular complexity index is 342. The van der Waals surface area contributed by atoms with E-state index in [1.165, 1.54) is 11.3 Å². The molecule has 6 nitrogen and oxygen atoms in total. The second kappa shape index (κ2) is 5.22. The molecule has 2 amide bonds. The van der Waals surface area contributed by atoms with Crippen LogP contribution < -0.4 is 11.1 Å². The molecule has 1 saturated heterocycles. The van der Waals surface area contributed by atoms with Crippen molar-refractivity contribution in [3.63, 3.8) is 0 Å². The summed E-state index contributed by atoms with van der Waals surface area (Å²) in [5, 5.41) is 10.7. The number of nitrogens with one attached hydrogen (secondary N) is 1. The highest BCUT2D eigenvalue weighted by atomic mass is 32.1. The van der Waals surface area contributed by atoms with Gasteiger partial charge >= 0.3 is 6.03 Å². The third kappa shape index (κ3) is 2.67.